The number of benzene rings is 1. The Morgan fingerprint density at radius 3 is 2.48 bits per heavy atom. The topological polar surface area (TPSA) is 107 Å². The number of amides is 1. The first-order valence-electron chi connectivity index (χ1n) is 7.26. The normalized spacial score (nSPS) is 11.7. The van der Waals surface area contributed by atoms with Crippen LogP contribution in [-0.2, 0) is 10.0 Å². The maximum Gasteiger partial charge on any atom is 0.274 e. The van der Waals surface area contributed by atoms with Gasteiger partial charge < -0.3 is 5.32 Å². The molecule has 0 aliphatic rings. The third-order valence-electron chi connectivity index (χ3n) is 3.64. The quantitative estimate of drug-likeness (QED) is 0.676. The van der Waals surface area contributed by atoms with Crippen molar-refractivity contribution in [3.05, 3.63) is 58.0 Å². The number of hydrogen-bond acceptors (Lipinski definition) is 4. The van der Waals surface area contributed by atoms with Gasteiger partial charge in [-0.3, -0.25) is 9.20 Å². The molecule has 1 amide bonds. The number of sulfonamides is 1. The van der Waals surface area contributed by atoms with Crippen LogP contribution in [0.15, 0.2) is 45.9 Å². The Labute approximate surface area is 153 Å². The van der Waals surface area contributed by atoms with E-state index in [9.17, 15) is 13.2 Å². The molecule has 0 aliphatic heterocycles. The molecule has 2 aromatic heterocycles. The second-order valence-electron chi connectivity index (χ2n) is 5.63. The van der Waals surface area contributed by atoms with Crippen molar-refractivity contribution in [2.45, 2.75) is 18.7 Å². The van der Waals surface area contributed by atoms with Gasteiger partial charge in [-0.25, -0.2) is 18.5 Å². The van der Waals surface area contributed by atoms with E-state index in [0.29, 0.717) is 22.7 Å². The van der Waals surface area contributed by atoms with Crippen LogP contribution in [0.2, 0.25) is 0 Å². The van der Waals surface area contributed by atoms with Crippen molar-refractivity contribution in [2.24, 2.45) is 5.14 Å². The lowest BCUT2D eigenvalue weighted by Crippen LogP contribution is -2.16. The number of hydrogen-bond donors (Lipinski definition) is 2. The van der Waals surface area contributed by atoms with Crippen LogP contribution in [0.5, 0.6) is 0 Å². The average molecular weight is 423 g/mol. The van der Waals surface area contributed by atoms with Gasteiger partial charge in [-0.1, -0.05) is 0 Å². The molecule has 2 heterocycles. The van der Waals surface area contributed by atoms with E-state index in [1.165, 1.54) is 24.3 Å². The maximum absolute atomic E-state index is 12.7. The predicted octanol–water partition coefficient (Wildman–Crippen LogP) is 2.61. The molecule has 3 N–H and O–H groups in total. The van der Waals surface area contributed by atoms with Gasteiger partial charge in [-0.05, 0) is 65.7 Å². The standard InChI is InChI=1S/C16H15BrN4O3S/c1-9-7-13(17)15-19-10(2)14(21(15)8-9)16(22)20-11-3-5-12(6-4-11)25(18,23)24/h3-8H,1-2H3,(H,20,22)(H2,18,23,24). The van der Waals surface area contributed by atoms with Crippen molar-refractivity contribution >= 4 is 43.2 Å². The molecule has 0 saturated carbocycles. The Morgan fingerprint density at radius 1 is 1.24 bits per heavy atom. The molecule has 9 heteroatoms. The molecule has 1 aromatic carbocycles. The van der Waals surface area contributed by atoms with Gasteiger partial charge in [0.25, 0.3) is 5.91 Å². The van der Waals surface area contributed by atoms with Gasteiger partial charge in [0.05, 0.1) is 15.1 Å². The zero-order valence-corrected chi connectivity index (χ0v) is 15.8. The van der Waals surface area contributed by atoms with Gasteiger partial charge in [0.15, 0.2) is 5.65 Å². The van der Waals surface area contributed by atoms with E-state index in [1.54, 1.807) is 11.3 Å². The fourth-order valence-electron chi connectivity index (χ4n) is 2.54. The number of aromatic nitrogens is 2. The second kappa shape index (κ2) is 6.25. The Bertz CT molecular complexity index is 1090. The van der Waals surface area contributed by atoms with Gasteiger partial charge in [0.1, 0.15) is 5.69 Å². The summed E-state index contributed by atoms with van der Waals surface area (Å²) in [6.07, 6.45) is 1.83. The molecule has 0 unspecified atom stereocenters. The van der Waals surface area contributed by atoms with Crippen LogP contribution in [-0.4, -0.2) is 23.7 Å². The highest BCUT2D eigenvalue weighted by atomic mass is 79.9. The Hall–Kier alpha value is -2.23. The molecule has 0 fully saturated rings. The lowest BCUT2D eigenvalue weighted by atomic mass is 10.2. The number of carbonyl (C=O) groups excluding carboxylic acids is 1. The molecule has 0 radical (unpaired) electrons. The minimum Gasteiger partial charge on any atom is -0.321 e. The summed E-state index contributed by atoms with van der Waals surface area (Å²) in [6.45, 7) is 3.68. The van der Waals surface area contributed by atoms with E-state index in [2.05, 4.69) is 26.2 Å². The molecule has 0 atom stereocenters. The first kappa shape index (κ1) is 17.6. The van der Waals surface area contributed by atoms with Crippen LogP contribution in [0, 0.1) is 13.8 Å². The van der Waals surface area contributed by atoms with Crippen molar-refractivity contribution in [1.29, 1.82) is 0 Å². The van der Waals surface area contributed by atoms with E-state index in [4.69, 9.17) is 5.14 Å². The largest absolute Gasteiger partial charge is 0.321 e. The number of aryl methyl sites for hydroxylation is 2. The highest BCUT2D eigenvalue weighted by molar-refractivity contribution is 9.10. The second-order valence-corrected chi connectivity index (χ2v) is 8.04. The fraction of sp³-hybridized carbons (Fsp3) is 0.125. The Morgan fingerprint density at radius 2 is 1.88 bits per heavy atom. The van der Waals surface area contributed by atoms with Gasteiger partial charge in [0.2, 0.25) is 10.0 Å². The monoisotopic (exact) mass is 422 g/mol. The molecule has 0 bridgehead atoms. The number of anilines is 1. The minimum absolute atomic E-state index is 0.0176. The average Bonchev–Trinajstić information content (AvgIpc) is 2.83. The third kappa shape index (κ3) is 3.44. The Kier molecular flexibility index (Phi) is 4.40. The summed E-state index contributed by atoms with van der Waals surface area (Å²) in [7, 11) is -3.77. The summed E-state index contributed by atoms with van der Waals surface area (Å²) in [5, 5.41) is 7.81. The van der Waals surface area contributed by atoms with Crippen LogP contribution >= 0.6 is 15.9 Å². The molecular weight excluding hydrogens is 408 g/mol. The SMILES string of the molecule is Cc1cc(Br)c2nc(C)c(C(=O)Nc3ccc(S(N)(=O)=O)cc3)n2c1. The summed E-state index contributed by atoms with van der Waals surface area (Å²) in [5.74, 6) is -0.342. The lowest BCUT2D eigenvalue weighted by molar-refractivity contribution is 0.102. The fourth-order valence-corrected chi connectivity index (χ4v) is 3.69. The molecule has 3 rings (SSSR count). The van der Waals surface area contributed by atoms with E-state index in [1.807, 2.05) is 19.2 Å². The summed E-state index contributed by atoms with van der Waals surface area (Å²) < 4.78 is 25.1. The van der Waals surface area contributed by atoms with Gasteiger partial charge >= 0.3 is 0 Å². The number of fused-ring (bicyclic) bond motifs is 1. The highest BCUT2D eigenvalue weighted by Gasteiger charge is 2.18. The van der Waals surface area contributed by atoms with Gasteiger partial charge in [0, 0.05) is 11.9 Å². The van der Waals surface area contributed by atoms with Crippen LogP contribution in [0.4, 0.5) is 5.69 Å². The molecule has 0 spiro atoms. The van der Waals surface area contributed by atoms with Gasteiger partial charge in [-0.2, -0.15) is 0 Å². The number of halogens is 1. The van der Waals surface area contributed by atoms with Crippen LogP contribution in [0.1, 0.15) is 21.7 Å². The summed E-state index contributed by atoms with van der Waals surface area (Å²) in [6, 6.07) is 7.57. The smallest absolute Gasteiger partial charge is 0.274 e. The number of rotatable bonds is 3. The van der Waals surface area contributed by atoms with Gasteiger partial charge in [-0.15, -0.1) is 0 Å². The number of primary sulfonamides is 1. The molecule has 0 aliphatic carbocycles. The number of imidazole rings is 1. The highest BCUT2D eigenvalue weighted by Crippen LogP contribution is 2.23. The third-order valence-corrected chi connectivity index (χ3v) is 5.15. The lowest BCUT2D eigenvalue weighted by Gasteiger charge is -2.08. The van der Waals surface area contributed by atoms with E-state index >= 15 is 0 Å². The summed E-state index contributed by atoms with van der Waals surface area (Å²) >= 11 is 3.45. The van der Waals surface area contributed by atoms with Crippen LogP contribution < -0.4 is 10.5 Å². The molecular formula is C16H15BrN4O3S. The zero-order valence-electron chi connectivity index (χ0n) is 13.4. The van der Waals surface area contributed by atoms with E-state index < -0.39 is 10.0 Å². The number of nitrogens with two attached hydrogens (primary N) is 1. The minimum atomic E-state index is -3.77. The zero-order chi connectivity index (χ0) is 18.4. The van der Waals surface area contributed by atoms with Crippen molar-refractivity contribution in [1.82, 2.24) is 9.38 Å². The number of carbonyl (C=O) groups is 1. The van der Waals surface area contributed by atoms with Crippen molar-refractivity contribution in [3.63, 3.8) is 0 Å². The molecule has 0 saturated heterocycles. The Balaban J connectivity index is 1.97. The first-order chi connectivity index (χ1) is 11.7. The van der Waals surface area contributed by atoms with E-state index in [0.717, 1.165) is 10.0 Å². The van der Waals surface area contributed by atoms with Crippen molar-refractivity contribution in [3.8, 4) is 0 Å². The predicted molar refractivity (Wildman–Crippen MR) is 98.1 cm³/mol. The summed E-state index contributed by atoms with van der Waals surface area (Å²) in [4.78, 5) is 17.1. The van der Waals surface area contributed by atoms with Crippen LogP contribution in [0.3, 0.4) is 0 Å². The maximum atomic E-state index is 12.7. The summed E-state index contributed by atoms with van der Waals surface area (Å²) in [5.41, 5.74) is 3.08. The number of pyridine rings is 1. The molecule has 25 heavy (non-hydrogen) atoms. The van der Waals surface area contributed by atoms with Crippen molar-refractivity contribution < 1.29 is 13.2 Å². The first-order valence-corrected chi connectivity index (χ1v) is 9.60. The number of nitrogens with zero attached hydrogens (tertiary/aromatic N) is 2. The molecule has 130 valence electrons. The van der Waals surface area contributed by atoms with E-state index in [-0.39, 0.29) is 10.8 Å². The molecule has 7 nitrogen and oxygen atoms in total. The van der Waals surface area contributed by atoms with Crippen LogP contribution in [0.25, 0.3) is 5.65 Å². The molecule has 3 aromatic rings. The number of nitrogens with one attached hydrogen (secondary N) is 1. The van der Waals surface area contributed by atoms with Crippen molar-refractivity contribution in [2.75, 3.05) is 5.32 Å².